The van der Waals surface area contributed by atoms with Crippen LogP contribution in [0.15, 0.2) is 30.3 Å². The number of aliphatic carboxylic acids is 1. The molecule has 0 saturated carbocycles. The summed E-state index contributed by atoms with van der Waals surface area (Å²) < 4.78 is 2.02. The number of nitrogens with one attached hydrogen (secondary N) is 1. The van der Waals surface area contributed by atoms with E-state index in [0.29, 0.717) is 6.54 Å². The maximum Gasteiger partial charge on any atom is 0.303 e. The van der Waals surface area contributed by atoms with E-state index >= 15 is 0 Å². The van der Waals surface area contributed by atoms with Crippen LogP contribution in [0, 0.1) is 0 Å². The number of aryl methyl sites for hydroxylation is 1. The van der Waals surface area contributed by atoms with E-state index in [9.17, 15) is 9.59 Å². The molecule has 0 aliphatic heterocycles. The molecule has 2 aromatic rings. The second-order valence-corrected chi connectivity index (χ2v) is 4.42. The molecule has 0 saturated heterocycles. The second kappa shape index (κ2) is 5.56. The van der Waals surface area contributed by atoms with E-state index in [1.807, 2.05) is 41.9 Å². The molecule has 1 heterocycles. The lowest BCUT2D eigenvalue weighted by Gasteiger charge is -2.06. The predicted molar refractivity (Wildman–Crippen MR) is 71.6 cm³/mol. The average Bonchev–Trinajstić information content (AvgIpc) is 2.71. The Bertz CT molecular complexity index is 616. The Morgan fingerprint density at radius 3 is 2.68 bits per heavy atom. The molecule has 0 aliphatic carbocycles. The van der Waals surface area contributed by atoms with Crippen molar-refractivity contribution in [3.8, 4) is 0 Å². The fraction of sp³-hybridized carbons (Fsp3) is 0.286. The van der Waals surface area contributed by atoms with Crippen molar-refractivity contribution in [2.45, 2.75) is 19.4 Å². The molecule has 0 atom stereocenters. The number of amides is 1. The second-order valence-electron chi connectivity index (χ2n) is 4.42. The van der Waals surface area contributed by atoms with Crippen LogP contribution in [0.2, 0.25) is 0 Å². The van der Waals surface area contributed by atoms with Crippen molar-refractivity contribution >= 4 is 22.8 Å². The average molecular weight is 260 g/mol. The van der Waals surface area contributed by atoms with E-state index in [1.54, 1.807) is 0 Å². The molecule has 0 fully saturated rings. The summed E-state index contributed by atoms with van der Waals surface area (Å²) in [5.41, 5.74) is 2.10. The number of benzene rings is 1. The molecule has 1 amide bonds. The van der Waals surface area contributed by atoms with Gasteiger partial charge in [0.25, 0.3) is 0 Å². The largest absolute Gasteiger partial charge is 0.481 e. The first kappa shape index (κ1) is 13.1. The number of para-hydroxylation sites is 1. The van der Waals surface area contributed by atoms with Crippen LogP contribution in [0.1, 0.15) is 18.5 Å². The van der Waals surface area contributed by atoms with Crippen molar-refractivity contribution in [3.63, 3.8) is 0 Å². The summed E-state index contributed by atoms with van der Waals surface area (Å²) in [5.74, 6) is -1.20. The third-order valence-electron chi connectivity index (χ3n) is 3.08. The first-order valence-electron chi connectivity index (χ1n) is 6.10. The molecular weight excluding hydrogens is 244 g/mol. The summed E-state index contributed by atoms with van der Waals surface area (Å²) >= 11 is 0. The lowest BCUT2D eigenvalue weighted by Crippen LogP contribution is -2.24. The van der Waals surface area contributed by atoms with Gasteiger partial charge in [-0.1, -0.05) is 18.2 Å². The van der Waals surface area contributed by atoms with Crippen molar-refractivity contribution in [3.05, 3.63) is 36.0 Å². The Balaban J connectivity index is 2.00. The first-order valence-corrected chi connectivity index (χ1v) is 6.10. The molecule has 100 valence electrons. The zero-order valence-electron chi connectivity index (χ0n) is 10.7. The van der Waals surface area contributed by atoms with Gasteiger partial charge in [-0.05, 0) is 17.5 Å². The highest BCUT2D eigenvalue weighted by atomic mass is 16.4. The van der Waals surface area contributed by atoms with E-state index < -0.39 is 5.97 Å². The maximum atomic E-state index is 11.5. The fourth-order valence-corrected chi connectivity index (χ4v) is 2.01. The van der Waals surface area contributed by atoms with Gasteiger partial charge < -0.3 is 15.0 Å². The molecule has 0 bridgehead atoms. The molecule has 2 N–H and O–H groups in total. The number of rotatable bonds is 5. The monoisotopic (exact) mass is 260 g/mol. The van der Waals surface area contributed by atoms with E-state index in [2.05, 4.69) is 5.32 Å². The van der Waals surface area contributed by atoms with Gasteiger partial charge >= 0.3 is 5.97 Å². The number of carboxylic acids is 1. The van der Waals surface area contributed by atoms with Gasteiger partial charge in [0.15, 0.2) is 0 Å². The smallest absolute Gasteiger partial charge is 0.303 e. The molecule has 1 aromatic carbocycles. The molecular formula is C14H16N2O3. The summed E-state index contributed by atoms with van der Waals surface area (Å²) in [7, 11) is 1.95. The summed E-state index contributed by atoms with van der Waals surface area (Å²) in [5, 5.41) is 12.4. The summed E-state index contributed by atoms with van der Waals surface area (Å²) in [6.07, 6.45) is -0.125. The van der Waals surface area contributed by atoms with Gasteiger partial charge in [0, 0.05) is 24.7 Å². The zero-order chi connectivity index (χ0) is 13.8. The summed E-state index contributed by atoms with van der Waals surface area (Å²) in [4.78, 5) is 21.8. The maximum absolute atomic E-state index is 11.5. The molecule has 0 radical (unpaired) electrons. The Morgan fingerprint density at radius 2 is 2.00 bits per heavy atom. The van der Waals surface area contributed by atoms with Crippen molar-refractivity contribution in [2.75, 3.05) is 0 Å². The van der Waals surface area contributed by atoms with Gasteiger partial charge in [0.05, 0.1) is 13.0 Å². The Labute approximate surface area is 110 Å². The predicted octanol–water partition coefficient (Wildman–Crippen LogP) is 1.66. The van der Waals surface area contributed by atoms with Crippen LogP contribution in [0.5, 0.6) is 0 Å². The zero-order valence-corrected chi connectivity index (χ0v) is 10.7. The minimum Gasteiger partial charge on any atom is -0.481 e. The van der Waals surface area contributed by atoms with Crippen LogP contribution in [-0.2, 0) is 23.2 Å². The number of hydrogen-bond donors (Lipinski definition) is 2. The number of nitrogens with zero attached hydrogens (tertiary/aromatic N) is 1. The van der Waals surface area contributed by atoms with Crippen molar-refractivity contribution in [1.29, 1.82) is 0 Å². The molecule has 0 unspecified atom stereocenters. The Morgan fingerprint density at radius 1 is 1.26 bits per heavy atom. The van der Waals surface area contributed by atoms with Crippen molar-refractivity contribution in [2.24, 2.45) is 7.05 Å². The van der Waals surface area contributed by atoms with Crippen LogP contribution < -0.4 is 5.32 Å². The van der Waals surface area contributed by atoms with Crippen LogP contribution >= 0.6 is 0 Å². The van der Waals surface area contributed by atoms with Crippen molar-refractivity contribution in [1.82, 2.24) is 9.88 Å². The van der Waals surface area contributed by atoms with Gasteiger partial charge in [0.1, 0.15) is 0 Å². The van der Waals surface area contributed by atoms with Crippen LogP contribution in [0.4, 0.5) is 0 Å². The molecule has 5 nitrogen and oxygen atoms in total. The SMILES string of the molecule is Cn1c(CNC(=O)CCC(=O)O)cc2ccccc21. The van der Waals surface area contributed by atoms with Gasteiger partial charge in [-0.2, -0.15) is 0 Å². The number of carbonyl (C=O) groups excluding carboxylic acids is 1. The highest BCUT2D eigenvalue weighted by Gasteiger charge is 2.08. The Hall–Kier alpha value is -2.30. The number of carbonyl (C=O) groups is 2. The van der Waals surface area contributed by atoms with Crippen LogP contribution in [0.25, 0.3) is 10.9 Å². The molecule has 19 heavy (non-hydrogen) atoms. The van der Waals surface area contributed by atoms with Gasteiger partial charge in [-0.3, -0.25) is 9.59 Å². The Kier molecular flexibility index (Phi) is 3.85. The summed E-state index contributed by atoms with van der Waals surface area (Å²) in [6.45, 7) is 0.406. The number of aromatic nitrogens is 1. The highest BCUT2D eigenvalue weighted by molar-refractivity contribution is 5.82. The molecule has 0 aliphatic rings. The number of hydrogen-bond acceptors (Lipinski definition) is 2. The van der Waals surface area contributed by atoms with Gasteiger partial charge in [-0.15, -0.1) is 0 Å². The number of fused-ring (bicyclic) bond motifs is 1. The molecule has 5 heteroatoms. The third-order valence-corrected chi connectivity index (χ3v) is 3.08. The van der Waals surface area contributed by atoms with Crippen LogP contribution in [-0.4, -0.2) is 21.6 Å². The fourth-order valence-electron chi connectivity index (χ4n) is 2.01. The standard InChI is InChI=1S/C14H16N2O3/c1-16-11(8-10-4-2-3-5-12(10)16)9-15-13(17)6-7-14(18)19/h2-5,8H,6-7,9H2,1H3,(H,15,17)(H,18,19). The summed E-state index contributed by atoms with van der Waals surface area (Å²) in [6, 6.07) is 10.00. The van der Waals surface area contributed by atoms with E-state index in [1.165, 1.54) is 0 Å². The quantitative estimate of drug-likeness (QED) is 0.858. The third kappa shape index (κ3) is 3.13. The van der Waals surface area contributed by atoms with Crippen molar-refractivity contribution < 1.29 is 14.7 Å². The van der Waals surface area contributed by atoms with E-state index in [0.717, 1.165) is 16.6 Å². The molecule has 2 rings (SSSR count). The minimum atomic E-state index is -0.959. The first-order chi connectivity index (χ1) is 9.08. The number of carboxylic acid groups (broad SMARTS) is 1. The minimum absolute atomic E-state index is 0.0132. The normalized spacial score (nSPS) is 10.6. The van der Waals surface area contributed by atoms with Gasteiger partial charge in [0.2, 0.25) is 5.91 Å². The molecule has 0 spiro atoms. The lowest BCUT2D eigenvalue weighted by molar-refractivity contribution is -0.138. The topological polar surface area (TPSA) is 71.3 Å². The molecule has 1 aromatic heterocycles. The van der Waals surface area contributed by atoms with Crippen LogP contribution in [0.3, 0.4) is 0 Å². The highest BCUT2D eigenvalue weighted by Crippen LogP contribution is 2.17. The van der Waals surface area contributed by atoms with E-state index in [4.69, 9.17) is 5.11 Å². The lowest BCUT2D eigenvalue weighted by atomic mass is 10.2. The van der Waals surface area contributed by atoms with Gasteiger partial charge in [-0.25, -0.2) is 0 Å². The van der Waals surface area contributed by atoms with E-state index in [-0.39, 0.29) is 18.7 Å².